The minimum atomic E-state index is 0.141. The highest BCUT2D eigenvalue weighted by atomic mass is 16.5. The van der Waals surface area contributed by atoms with Crippen LogP contribution in [0.4, 0.5) is 0 Å². The summed E-state index contributed by atoms with van der Waals surface area (Å²) in [4.78, 5) is 2.52. The zero-order valence-electron chi connectivity index (χ0n) is 9.38. The molecule has 0 radical (unpaired) electrons. The van der Waals surface area contributed by atoms with Crippen LogP contribution >= 0.6 is 0 Å². The molecule has 2 rings (SSSR count). The Morgan fingerprint density at radius 1 is 1.50 bits per heavy atom. The number of ether oxygens (including phenoxy) is 1. The van der Waals surface area contributed by atoms with Crippen LogP contribution in [0.1, 0.15) is 19.8 Å². The van der Waals surface area contributed by atoms with Gasteiger partial charge in [0.1, 0.15) is 0 Å². The summed E-state index contributed by atoms with van der Waals surface area (Å²) < 4.78 is 5.44. The maximum absolute atomic E-state index is 5.44. The van der Waals surface area contributed by atoms with Crippen LogP contribution in [-0.4, -0.2) is 50.3 Å². The lowest BCUT2D eigenvalue weighted by molar-refractivity contribution is -0.115. The molecule has 2 heterocycles. The number of nitrogens with one attached hydrogen (secondary N) is 1. The Bertz CT molecular complexity index is 184. The van der Waals surface area contributed by atoms with Crippen LogP contribution in [0.25, 0.3) is 0 Å². The predicted molar refractivity (Wildman–Crippen MR) is 57.4 cm³/mol. The second-order valence-electron chi connectivity index (χ2n) is 5.04. The van der Waals surface area contributed by atoms with Gasteiger partial charge in [-0.25, -0.2) is 0 Å². The van der Waals surface area contributed by atoms with Gasteiger partial charge in [-0.2, -0.15) is 0 Å². The van der Waals surface area contributed by atoms with Crippen molar-refractivity contribution in [3.05, 3.63) is 0 Å². The van der Waals surface area contributed by atoms with Crippen LogP contribution in [-0.2, 0) is 4.74 Å². The van der Waals surface area contributed by atoms with E-state index in [1.54, 1.807) is 0 Å². The number of likely N-dealkylation sites (tertiary alicyclic amines) is 1. The van der Waals surface area contributed by atoms with E-state index in [0.29, 0.717) is 0 Å². The van der Waals surface area contributed by atoms with Crippen molar-refractivity contribution >= 4 is 0 Å². The lowest BCUT2D eigenvalue weighted by atomic mass is 9.92. The van der Waals surface area contributed by atoms with Crippen molar-refractivity contribution in [2.75, 3.05) is 39.8 Å². The minimum Gasteiger partial charge on any atom is -0.376 e. The van der Waals surface area contributed by atoms with E-state index in [1.165, 1.54) is 32.5 Å². The Balaban J connectivity index is 1.68. The molecule has 0 aromatic carbocycles. The van der Waals surface area contributed by atoms with E-state index in [4.69, 9.17) is 4.74 Å². The fourth-order valence-electron chi connectivity index (χ4n) is 2.60. The summed E-state index contributed by atoms with van der Waals surface area (Å²) in [5, 5.41) is 3.47. The van der Waals surface area contributed by atoms with Crippen LogP contribution < -0.4 is 5.32 Å². The number of piperidine rings is 1. The molecule has 2 fully saturated rings. The maximum Gasteiger partial charge on any atom is 0.0903 e. The summed E-state index contributed by atoms with van der Waals surface area (Å²) in [5.41, 5.74) is 0.141. The van der Waals surface area contributed by atoms with Crippen molar-refractivity contribution in [2.24, 2.45) is 5.92 Å². The topological polar surface area (TPSA) is 24.5 Å². The third-order valence-corrected chi connectivity index (χ3v) is 3.52. The number of methoxy groups -OCH3 is 1. The third kappa shape index (κ3) is 2.27. The van der Waals surface area contributed by atoms with E-state index in [0.717, 1.165) is 19.0 Å². The Labute approximate surface area is 86.8 Å². The first-order valence-corrected chi connectivity index (χ1v) is 5.70. The van der Waals surface area contributed by atoms with E-state index in [2.05, 4.69) is 17.1 Å². The highest BCUT2D eigenvalue weighted by Gasteiger charge is 2.39. The van der Waals surface area contributed by atoms with Crippen LogP contribution in [0.3, 0.4) is 0 Å². The Morgan fingerprint density at radius 3 is 2.86 bits per heavy atom. The molecule has 2 saturated heterocycles. The van der Waals surface area contributed by atoms with E-state index in [9.17, 15) is 0 Å². The van der Waals surface area contributed by atoms with Gasteiger partial charge >= 0.3 is 0 Å². The first kappa shape index (κ1) is 10.4. The van der Waals surface area contributed by atoms with Crippen LogP contribution in [0, 0.1) is 5.92 Å². The summed E-state index contributed by atoms with van der Waals surface area (Å²) in [6.45, 7) is 8.10. The van der Waals surface area contributed by atoms with Crippen LogP contribution in [0.15, 0.2) is 0 Å². The van der Waals surface area contributed by atoms with Crippen molar-refractivity contribution in [2.45, 2.75) is 25.4 Å². The summed E-state index contributed by atoms with van der Waals surface area (Å²) in [6, 6.07) is 0. The van der Waals surface area contributed by atoms with Crippen molar-refractivity contribution in [1.29, 1.82) is 0 Å². The van der Waals surface area contributed by atoms with E-state index in [-0.39, 0.29) is 5.60 Å². The van der Waals surface area contributed by atoms with Crippen molar-refractivity contribution < 1.29 is 4.74 Å². The predicted octanol–water partition coefficient (Wildman–Crippen LogP) is 0.707. The lowest BCUT2D eigenvalue weighted by Gasteiger charge is -2.48. The zero-order chi connectivity index (χ0) is 10.0. The van der Waals surface area contributed by atoms with E-state index < -0.39 is 0 Å². The molecule has 0 unspecified atom stereocenters. The molecule has 2 aliphatic heterocycles. The maximum atomic E-state index is 5.44. The molecule has 14 heavy (non-hydrogen) atoms. The standard InChI is InChI=1S/C11H22N2O/c1-11(14-2)8-13(9-11)7-10-4-3-5-12-6-10/h10,12H,3-9H2,1-2H3/t10-/m1/s1. The molecule has 0 aliphatic carbocycles. The summed E-state index contributed by atoms with van der Waals surface area (Å²) in [7, 11) is 1.82. The molecule has 3 heteroatoms. The van der Waals surface area contributed by atoms with Gasteiger partial charge < -0.3 is 10.1 Å². The Kier molecular flexibility index (Phi) is 3.10. The van der Waals surface area contributed by atoms with Gasteiger partial charge in [-0.3, -0.25) is 4.90 Å². The first-order valence-electron chi connectivity index (χ1n) is 5.70. The molecule has 3 nitrogen and oxygen atoms in total. The molecule has 82 valence electrons. The van der Waals surface area contributed by atoms with Gasteiger partial charge in [0.2, 0.25) is 0 Å². The zero-order valence-corrected chi connectivity index (χ0v) is 9.38. The molecular formula is C11H22N2O. The smallest absolute Gasteiger partial charge is 0.0903 e. The highest BCUT2D eigenvalue weighted by molar-refractivity contribution is 4.94. The quantitative estimate of drug-likeness (QED) is 0.723. The van der Waals surface area contributed by atoms with Crippen LogP contribution in [0.2, 0.25) is 0 Å². The normalized spacial score (nSPS) is 32.6. The summed E-state index contributed by atoms with van der Waals surface area (Å²) in [6.07, 6.45) is 2.74. The van der Waals surface area contributed by atoms with E-state index >= 15 is 0 Å². The third-order valence-electron chi connectivity index (χ3n) is 3.52. The van der Waals surface area contributed by atoms with Gasteiger partial charge in [0.15, 0.2) is 0 Å². The van der Waals surface area contributed by atoms with Gasteiger partial charge in [0.05, 0.1) is 5.60 Å². The summed E-state index contributed by atoms with van der Waals surface area (Å²) >= 11 is 0. The van der Waals surface area contributed by atoms with Crippen molar-refractivity contribution in [3.63, 3.8) is 0 Å². The van der Waals surface area contributed by atoms with Crippen LogP contribution in [0.5, 0.6) is 0 Å². The molecule has 0 aromatic heterocycles. The molecular weight excluding hydrogens is 176 g/mol. The lowest BCUT2D eigenvalue weighted by Crippen LogP contribution is -2.62. The van der Waals surface area contributed by atoms with Gasteiger partial charge in [-0.1, -0.05) is 0 Å². The summed E-state index contributed by atoms with van der Waals surface area (Å²) in [5.74, 6) is 0.866. The Morgan fingerprint density at radius 2 is 2.29 bits per heavy atom. The molecule has 0 bridgehead atoms. The van der Waals surface area contributed by atoms with Gasteiger partial charge in [0, 0.05) is 26.7 Å². The molecule has 0 aromatic rings. The number of hydrogen-bond acceptors (Lipinski definition) is 3. The van der Waals surface area contributed by atoms with Crippen molar-refractivity contribution in [1.82, 2.24) is 10.2 Å². The molecule has 2 aliphatic rings. The molecule has 0 saturated carbocycles. The largest absolute Gasteiger partial charge is 0.376 e. The minimum absolute atomic E-state index is 0.141. The number of hydrogen-bond donors (Lipinski definition) is 1. The number of nitrogens with zero attached hydrogens (tertiary/aromatic N) is 1. The first-order chi connectivity index (χ1) is 6.72. The van der Waals surface area contributed by atoms with Gasteiger partial charge in [0.25, 0.3) is 0 Å². The molecule has 1 N–H and O–H groups in total. The second-order valence-corrected chi connectivity index (χ2v) is 5.04. The fraction of sp³-hybridized carbons (Fsp3) is 1.00. The molecule has 0 amide bonds. The second kappa shape index (κ2) is 4.17. The molecule has 0 spiro atoms. The number of rotatable bonds is 3. The molecule has 1 atom stereocenters. The Hall–Kier alpha value is -0.120. The average molecular weight is 198 g/mol. The van der Waals surface area contributed by atoms with Gasteiger partial charge in [-0.15, -0.1) is 0 Å². The van der Waals surface area contributed by atoms with E-state index in [1.807, 2.05) is 7.11 Å². The highest BCUT2D eigenvalue weighted by Crippen LogP contribution is 2.25. The van der Waals surface area contributed by atoms with Crippen molar-refractivity contribution in [3.8, 4) is 0 Å². The monoisotopic (exact) mass is 198 g/mol. The average Bonchev–Trinajstić information content (AvgIpc) is 2.17. The van der Waals surface area contributed by atoms with Gasteiger partial charge in [-0.05, 0) is 38.8 Å². The SMILES string of the molecule is COC1(C)CN(C[C@@H]2CCCNC2)C1. The fourth-order valence-corrected chi connectivity index (χ4v) is 2.60.